The molecule has 2 rings (SSSR count). The quantitative estimate of drug-likeness (QED) is 0.833. The van der Waals surface area contributed by atoms with Crippen molar-refractivity contribution in [2.24, 2.45) is 0 Å². The van der Waals surface area contributed by atoms with Gasteiger partial charge in [0.15, 0.2) is 0 Å². The largest absolute Gasteiger partial charge is 0.356 e. The number of hydrogen-bond donors (Lipinski definition) is 1. The van der Waals surface area contributed by atoms with Crippen LogP contribution in [0.15, 0.2) is 24.3 Å². The number of nitrogens with one attached hydrogen (secondary N) is 1. The molecule has 0 aliphatic rings. The predicted octanol–water partition coefficient (Wildman–Crippen LogP) is 3.27. The van der Waals surface area contributed by atoms with E-state index in [2.05, 4.69) is 46.9 Å². The Morgan fingerprint density at radius 1 is 1.25 bits per heavy atom. The van der Waals surface area contributed by atoms with E-state index >= 15 is 0 Å². The zero-order valence-corrected chi connectivity index (χ0v) is 10.0. The van der Waals surface area contributed by atoms with E-state index < -0.39 is 0 Å². The monoisotopic (exact) mass is 217 g/mol. The molecule has 0 saturated heterocycles. The molecule has 0 saturated carbocycles. The van der Waals surface area contributed by atoms with E-state index in [-0.39, 0.29) is 0 Å². The summed E-state index contributed by atoms with van der Waals surface area (Å²) in [5.74, 6) is 0.997. The third-order valence-corrected chi connectivity index (χ3v) is 2.72. The number of para-hydroxylation sites is 2. The summed E-state index contributed by atoms with van der Waals surface area (Å²) in [7, 11) is 0. The Kier molecular flexibility index (Phi) is 3.44. The van der Waals surface area contributed by atoms with Crippen molar-refractivity contribution in [3.05, 3.63) is 24.3 Å². The molecule has 3 heteroatoms. The number of imidazole rings is 1. The van der Waals surface area contributed by atoms with Gasteiger partial charge >= 0.3 is 0 Å². The van der Waals surface area contributed by atoms with Crippen LogP contribution in [0.25, 0.3) is 11.0 Å². The zero-order chi connectivity index (χ0) is 11.4. The molecule has 2 aromatic rings. The van der Waals surface area contributed by atoms with Crippen LogP contribution in [0.5, 0.6) is 0 Å². The van der Waals surface area contributed by atoms with Crippen molar-refractivity contribution in [1.82, 2.24) is 9.55 Å². The first-order valence-corrected chi connectivity index (χ1v) is 6.06. The fourth-order valence-corrected chi connectivity index (χ4v) is 1.91. The van der Waals surface area contributed by atoms with Gasteiger partial charge in [-0.15, -0.1) is 0 Å². The molecule has 0 spiro atoms. The van der Waals surface area contributed by atoms with Crippen molar-refractivity contribution >= 4 is 17.0 Å². The summed E-state index contributed by atoms with van der Waals surface area (Å²) in [6, 6.07) is 8.31. The second kappa shape index (κ2) is 5.01. The normalized spacial score (nSPS) is 10.9. The molecule has 1 N–H and O–H groups in total. The number of aryl methyl sites for hydroxylation is 1. The van der Waals surface area contributed by atoms with Gasteiger partial charge in [0, 0.05) is 13.1 Å². The molecule has 0 bridgehead atoms. The molecule has 0 aliphatic heterocycles. The molecule has 3 nitrogen and oxygen atoms in total. The van der Waals surface area contributed by atoms with Gasteiger partial charge in [0.2, 0.25) is 5.95 Å². The lowest BCUT2D eigenvalue weighted by Gasteiger charge is -2.08. The van der Waals surface area contributed by atoms with Gasteiger partial charge in [-0.3, -0.25) is 0 Å². The van der Waals surface area contributed by atoms with Crippen LogP contribution in [-0.4, -0.2) is 16.1 Å². The topological polar surface area (TPSA) is 29.9 Å². The number of nitrogens with zero attached hydrogens (tertiary/aromatic N) is 2. The summed E-state index contributed by atoms with van der Waals surface area (Å²) in [6.07, 6.45) is 2.40. The number of rotatable bonds is 5. The Morgan fingerprint density at radius 3 is 2.81 bits per heavy atom. The Labute approximate surface area is 96.5 Å². The molecule has 0 radical (unpaired) electrons. The first-order valence-electron chi connectivity index (χ1n) is 6.06. The van der Waals surface area contributed by atoms with Crippen LogP contribution in [0.4, 0.5) is 5.95 Å². The molecule has 1 aromatic heterocycles. The molecule has 0 unspecified atom stereocenters. The summed E-state index contributed by atoms with van der Waals surface area (Å²) >= 11 is 0. The lowest BCUT2D eigenvalue weighted by molar-refractivity contribution is 0.649. The molecule has 0 amide bonds. The summed E-state index contributed by atoms with van der Waals surface area (Å²) in [5.41, 5.74) is 2.31. The summed E-state index contributed by atoms with van der Waals surface area (Å²) in [4.78, 5) is 4.61. The minimum atomic E-state index is 0.912. The Balaban J connectivity index is 2.42. The van der Waals surface area contributed by atoms with E-state index in [1.807, 2.05) is 6.07 Å². The minimum absolute atomic E-state index is 0.912. The van der Waals surface area contributed by atoms with Crippen LogP contribution in [0, 0.1) is 0 Å². The van der Waals surface area contributed by atoms with E-state index in [0.29, 0.717) is 0 Å². The number of hydrogen-bond acceptors (Lipinski definition) is 2. The summed E-state index contributed by atoms with van der Waals surface area (Å²) < 4.78 is 2.28. The maximum atomic E-state index is 4.61. The van der Waals surface area contributed by atoms with Crippen molar-refractivity contribution in [2.75, 3.05) is 11.9 Å². The fourth-order valence-electron chi connectivity index (χ4n) is 1.91. The van der Waals surface area contributed by atoms with Gasteiger partial charge in [0.05, 0.1) is 11.0 Å². The van der Waals surface area contributed by atoms with Crippen LogP contribution in [-0.2, 0) is 6.54 Å². The second-order valence-electron chi connectivity index (χ2n) is 3.96. The lowest BCUT2D eigenvalue weighted by Crippen LogP contribution is -2.07. The standard InChI is InChI=1S/C13H19N3/c1-3-5-10-16-12-9-7-6-8-11(12)15-13(16)14-4-2/h6-9H,3-5,10H2,1-2H3,(H,14,15). The van der Waals surface area contributed by atoms with Gasteiger partial charge in [-0.1, -0.05) is 25.5 Å². The zero-order valence-electron chi connectivity index (χ0n) is 10.0. The molecule has 0 atom stereocenters. The lowest BCUT2D eigenvalue weighted by atomic mass is 10.3. The predicted molar refractivity (Wildman–Crippen MR) is 68.8 cm³/mol. The molecule has 16 heavy (non-hydrogen) atoms. The van der Waals surface area contributed by atoms with Crippen molar-refractivity contribution in [2.45, 2.75) is 33.2 Å². The van der Waals surface area contributed by atoms with Gasteiger partial charge in [-0.25, -0.2) is 4.98 Å². The highest BCUT2D eigenvalue weighted by atomic mass is 15.2. The SMILES string of the molecule is CCCCn1c(NCC)nc2ccccc21. The minimum Gasteiger partial charge on any atom is -0.356 e. The van der Waals surface area contributed by atoms with E-state index in [9.17, 15) is 0 Å². The average molecular weight is 217 g/mol. The molecule has 1 aromatic carbocycles. The molecule has 0 fully saturated rings. The number of anilines is 1. The summed E-state index contributed by atoms with van der Waals surface area (Å²) in [5, 5.41) is 3.33. The van der Waals surface area contributed by atoms with E-state index in [4.69, 9.17) is 0 Å². The first-order chi connectivity index (χ1) is 7.86. The van der Waals surface area contributed by atoms with Crippen LogP contribution in [0.3, 0.4) is 0 Å². The van der Waals surface area contributed by atoms with Crippen molar-refractivity contribution in [1.29, 1.82) is 0 Å². The van der Waals surface area contributed by atoms with E-state index in [0.717, 1.165) is 24.6 Å². The Hall–Kier alpha value is -1.51. The van der Waals surface area contributed by atoms with E-state index in [1.54, 1.807) is 0 Å². The van der Waals surface area contributed by atoms with E-state index in [1.165, 1.54) is 18.4 Å². The second-order valence-corrected chi connectivity index (χ2v) is 3.96. The number of fused-ring (bicyclic) bond motifs is 1. The van der Waals surface area contributed by atoms with Crippen molar-refractivity contribution in [3.8, 4) is 0 Å². The number of aromatic nitrogens is 2. The summed E-state index contributed by atoms with van der Waals surface area (Å²) in [6.45, 7) is 6.27. The van der Waals surface area contributed by atoms with Crippen LogP contribution in [0.2, 0.25) is 0 Å². The van der Waals surface area contributed by atoms with Crippen LogP contribution >= 0.6 is 0 Å². The highest BCUT2D eigenvalue weighted by molar-refractivity contribution is 5.78. The maximum Gasteiger partial charge on any atom is 0.203 e. The highest BCUT2D eigenvalue weighted by Crippen LogP contribution is 2.19. The Bertz CT molecular complexity index is 459. The van der Waals surface area contributed by atoms with Crippen LogP contribution < -0.4 is 5.32 Å². The molecule has 1 heterocycles. The highest BCUT2D eigenvalue weighted by Gasteiger charge is 2.08. The van der Waals surface area contributed by atoms with Crippen LogP contribution in [0.1, 0.15) is 26.7 Å². The van der Waals surface area contributed by atoms with Gasteiger partial charge in [0.1, 0.15) is 0 Å². The smallest absolute Gasteiger partial charge is 0.203 e. The third-order valence-electron chi connectivity index (χ3n) is 2.72. The molecule has 86 valence electrons. The van der Waals surface area contributed by atoms with Crippen molar-refractivity contribution in [3.63, 3.8) is 0 Å². The van der Waals surface area contributed by atoms with Gasteiger partial charge < -0.3 is 9.88 Å². The first kappa shape index (κ1) is 11.0. The molecular formula is C13H19N3. The fraction of sp³-hybridized carbons (Fsp3) is 0.462. The maximum absolute atomic E-state index is 4.61. The molecular weight excluding hydrogens is 198 g/mol. The van der Waals surface area contributed by atoms with Gasteiger partial charge in [-0.05, 0) is 25.5 Å². The van der Waals surface area contributed by atoms with Gasteiger partial charge in [0.25, 0.3) is 0 Å². The number of benzene rings is 1. The molecule has 0 aliphatic carbocycles. The third kappa shape index (κ3) is 2.03. The van der Waals surface area contributed by atoms with Gasteiger partial charge in [-0.2, -0.15) is 0 Å². The average Bonchev–Trinajstić information content (AvgIpc) is 2.65. The Morgan fingerprint density at radius 2 is 2.06 bits per heavy atom. The van der Waals surface area contributed by atoms with Crippen molar-refractivity contribution < 1.29 is 0 Å². The number of unbranched alkanes of at least 4 members (excludes halogenated alkanes) is 1.